The van der Waals surface area contributed by atoms with Crippen molar-refractivity contribution in [2.24, 2.45) is 0 Å². The van der Waals surface area contributed by atoms with Gasteiger partial charge < -0.3 is 10.1 Å². The number of rotatable bonds is 6. The molecule has 0 aliphatic heterocycles. The van der Waals surface area contributed by atoms with E-state index in [1.165, 1.54) is 12.1 Å². The maximum atomic E-state index is 13.0. The Morgan fingerprint density at radius 1 is 1.24 bits per heavy atom. The van der Waals surface area contributed by atoms with Crippen LogP contribution < -0.4 is 5.32 Å². The van der Waals surface area contributed by atoms with Gasteiger partial charge in [-0.2, -0.15) is 0 Å². The molecular formula is C16H22FNO3. The second-order valence-electron chi connectivity index (χ2n) is 5.82. The smallest absolute Gasteiger partial charge is 0.306 e. The van der Waals surface area contributed by atoms with Gasteiger partial charge in [0.25, 0.3) is 0 Å². The number of amides is 1. The number of esters is 1. The molecule has 0 fully saturated rings. The molecule has 0 saturated heterocycles. The van der Waals surface area contributed by atoms with Crippen LogP contribution in [0.1, 0.15) is 39.2 Å². The number of ether oxygens (including phenoxy) is 1. The van der Waals surface area contributed by atoms with E-state index in [0.29, 0.717) is 13.0 Å². The Labute approximate surface area is 124 Å². The largest absolute Gasteiger partial charge is 0.460 e. The molecule has 1 rings (SSSR count). The molecule has 0 aliphatic carbocycles. The zero-order valence-electron chi connectivity index (χ0n) is 12.7. The van der Waals surface area contributed by atoms with E-state index in [9.17, 15) is 14.0 Å². The Kier molecular flexibility index (Phi) is 6.34. The number of hydrogen-bond donors (Lipinski definition) is 1. The zero-order valence-corrected chi connectivity index (χ0v) is 12.7. The number of benzene rings is 1. The van der Waals surface area contributed by atoms with Crippen LogP contribution in [-0.2, 0) is 20.7 Å². The minimum absolute atomic E-state index is 0.0586. The van der Waals surface area contributed by atoms with Crippen LogP contribution in [-0.4, -0.2) is 24.0 Å². The van der Waals surface area contributed by atoms with Gasteiger partial charge in [-0.15, -0.1) is 0 Å². The minimum atomic E-state index is -0.537. The first kappa shape index (κ1) is 17.1. The molecule has 0 unspecified atom stereocenters. The second kappa shape index (κ2) is 7.76. The van der Waals surface area contributed by atoms with Crippen molar-refractivity contribution in [1.82, 2.24) is 5.32 Å². The van der Waals surface area contributed by atoms with E-state index in [2.05, 4.69) is 5.32 Å². The van der Waals surface area contributed by atoms with Crippen molar-refractivity contribution in [3.63, 3.8) is 0 Å². The summed E-state index contributed by atoms with van der Waals surface area (Å²) in [5.41, 5.74) is 0.285. The van der Waals surface area contributed by atoms with E-state index in [1.54, 1.807) is 32.9 Å². The molecule has 4 nitrogen and oxygen atoms in total. The van der Waals surface area contributed by atoms with Crippen molar-refractivity contribution in [3.05, 3.63) is 35.6 Å². The van der Waals surface area contributed by atoms with Crippen LogP contribution in [0.3, 0.4) is 0 Å². The fraction of sp³-hybridized carbons (Fsp3) is 0.500. The molecule has 1 amide bonds. The van der Waals surface area contributed by atoms with Gasteiger partial charge in [0.15, 0.2) is 0 Å². The molecule has 116 valence electrons. The number of carbonyl (C=O) groups excluding carboxylic acids is 2. The van der Waals surface area contributed by atoms with Crippen molar-refractivity contribution in [2.45, 2.75) is 45.6 Å². The zero-order chi connectivity index (χ0) is 15.9. The molecule has 5 heteroatoms. The van der Waals surface area contributed by atoms with E-state index in [4.69, 9.17) is 4.74 Å². The highest BCUT2D eigenvalue weighted by molar-refractivity contribution is 5.81. The minimum Gasteiger partial charge on any atom is -0.460 e. The summed E-state index contributed by atoms with van der Waals surface area (Å²) in [7, 11) is 0. The summed E-state index contributed by atoms with van der Waals surface area (Å²) in [5, 5.41) is 2.70. The summed E-state index contributed by atoms with van der Waals surface area (Å²) in [6, 6.07) is 6.25. The van der Waals surface area contributed by atoms with Crippen LogP contribution >= 0.6 is 0 Å². The van der Waals surface area contributed by atoms with Crippen molar-refractivity contribution < 1.29 is 18.7 Å². The quantitative estimate of drug-likeness (QED) is 0.821. The third-order valence-corrected chi connectivity index (χ3v) is 2.60. The Morgan fingerprint density at radius 2 is 1.95 bits per heavy atom. The van der Waals surface area contributed by atoms with E-state index in [0.717, 1.165) is 5.56 Å². The van der Waals surface area contributed by atoms with Gasteiger partial charge in [-0.25, -0.2) is 4.39 Å². The molecule has 1 aromatic carbocycles. The third kappa shape index (κ3) is 8.07. The summed E-state index contributed by atoms with van der Waals surface area (Å²) in [5.74, 6) is -0.885. The van der Waals surface area contributed by atoms with Gasteiger partial charge in [-0.05, 0) is 44.9 Å². The molecule has 1 aromatic rings. The van der Waals surface area contributed by atoms with Crippen molar-refractivity contribution >= 4 is 11.9 Å². The predicted octanol–water partition coefficient (Wildman–Crippen LogP) is 2.61. The van der Waals surface area contributed by atoms with Crippen molar-refractivity contribution in [3.8, 4) is 0 Å². The summed E-state index contributed by atoms with van der Waals surface area (Å²) in [6.07, 6.45) is 0.705. The molecule has 0 bridgehead atoms. The molecule has 0 aliphatic rings. The van der Waals surface area contributed by atoms with Crippen LogP contribution in [0.15, 0.2) is 24.3 Å². The first-order chi connectivity index (χ1) is 9.76. The van der Waals surface area contributed by atoms with Gasteiger partial charge in [-0.3, -0.25) is 9.59 Å². The number of halogens is 1. The highest BCUT2D eigenvalue weighted by atomic mass is 19.1. The summed E-state index contributed by atoms with van der Waals surface area (Å²) < 4.78 is 18.1. The molecule has 1 N–H and O–H groups in total. The fourth-order valence-electron chi connectivity index (χ4n) is 1.74. The van der Waals surface area contributed by atoms with Gasteiger partial charge in [0, 0.05) is 13.0 Å². The van der Waals surface area contributed by atoms with Crippen LogP contribution in [0.4, 0.5) is 4.39 Å². The number of hydrogen-bond acceptors (Lipinski definition) is 3. The van der Waals surface area contributed by atoms with E-state index < -0.39 is 5.60 Å². The number of nitrogens with one attached hydrogen (secondary N) is 1. The first-order valence-corrected chi connectivity index (χ1v) is 6.99. The van der Waals surface area contributed by atoms with Crippen molar-refractivity contribution in [1.29, 1.82) is 0 Å². The van der Waals surface area contributed by atoms with Crippen LogP contribution in [0.2, 0.25) is 0 Å². The van der Waals surface area contributed by atoms with Gasteiger partial charge >= 0.3 is 5.97 Å². The third-order valence-electron chi connectivity index (χ3n) is 2.60. The first-order valence-electron chi connectivity index (χ1n) is 6.99. The lowest BCUT2D eigenvalue weighted by atomic mass is 10.1. The van der Waals surface area contributed by atoms with Crippen LogP contribution in [0.5, 0.6) is 0 Å². The van der Waals surface area contributed by atoms with E-state index >= 15 is 0 Å². The highest BCUT2D eigenvalue weighted by Crippen LogP contribution is 2.09. The summed E-state index contributed by atoms with van der Waals surface area (Å²) in [4.78, 5) is 23.0. The normalized spacial score (nSPS) is 11.0. The molecule has 0 aromatic heterocycles. The fourth-order valence-corrected chi connectivity index (χ4v) is 1.74. The van der Waals surface area contributed by atoms with E-state index in [-0.39, 0.29) is 30.5 Å². The Bertz CT molecular complexity index is 495. The van der Waals surface area contributed by atoms with Crippen LogP contribution in [0.25, 0.3) is 0 Å². The maximum Gasteiger partial charge on any atom is 0.306 e. The van der Waals surface area contributed by atoms with Gasteiger partial charge in [-0.1, -0.05) is 12.1 Å². The topological polar surface area (TPSA) is 55.4 Å². The number of carbonyl (C=O) groups is 2. The molecular weight excluding hydrogens is 273 g/mol. The second-order valence-corrected chi connectivity index (χ2v) is 5.82. The SMILES string of the molecule is CC(C)(C)OC(=O)CCC(=O)NCCc1cccc(F)c1. The predicted molar refractivity (Wildman–Crippen MR) is 78.2 cm³/mol. The Balaban J connectivity index is 2.21. The van der Waals surface area contributed by atoms with Crippen molar-refractivity contribution in [2.75, 3.05) is 6.54 Å². The summed E-state index contributed by atoms with van der Waals surface area (Å²) in [6.45, 7) is 5.76. The van der Waals surface area contributed by atoms with E-state index in [1.807, 2.05) is 0 Å². The monoisotopic (exact) mass is 295 g/mol. The lowest BCUT2D eigenvalue weighted by Gasteiger charge is -2.19. The lowest BCUT2D eigenvalue weighted by Crippen LogP contribution is -2.28. The maximum absolute atomic E-state index is 13.0. The van der Waals surface area contributed by atoms with Gasteiger partial charge in [0.05, 0.1) is 6.42 Å². The van der Waals surface area contributed by atoms with Gasteiger partial charge in [0.1, 0.15) is 11.4 Å². The molecule has 0 saturated carbocycles. The molecule has 0 heterocycles. The Morgan fingerprint density at radius 3 is 2.57 bits per heavy atom. The van der Waals surface area contributed by atoms with Crippen LogP contribution in [0, 0.1) is 5.82 Å². The van der Waals surface area contributed by atoms with Gasteiger partial charge in [0.2, 0.25) is 5.91 Å². The summed E-state index contributed by atoms with van der Waals surface area (Å²) >= 11 is 0. The molecule has 0 radical (unpaired) electrons. The average Bonchev–Trinajstić information content (AvgIpc) is 2.34. The molecule has 0 spiro atoms. The Hall–Kier alpha value is -1.91. The lowest BCUT2D eigenvalue weighted by molar-refractivity contribution is -0.155. The molecule has 21 heavy (non-hydrogen) atoms. The average molecular weight is 295 g/mol. The molecule has 0 atom stereocenters. The highest BCUT2D eigenvalue weighted by Gasteiger charge is 2.16. The standard InChI is InChI=1S/C16H22FNO3/c1-16(2,3)21-15(20)8-7-14(19)18-10-9-12-5-4-6-13(17)11-12/h4-6,11H,7-10H2,1-3H3,(H,18,19).